The van der Waals surface area contributed by atoms with Crippen LogP contribution in [0.3, 0.4) is 0 Å². The molecule has 1 unspecified atom stereocenters. The van der Waals surface area contributed by atoms with Crippen LogP contribution in [0.4, 0.5) is 0 Å². The van der Waals surface area contributed by atoms with Crippen molar-refractivity contribution >= 4 is 22.7 Å². The van der Waals surface area contributed by atoms with Crippen molar-refractivity contribution in [1.29, 1.82) is 0 Å². The van der Waals surface area contributed by atoms with Crippen LogP contribution < -0.4 is 5.32 Å². The molecular weight excluding hydrogens is 300 g/mol. The smallest absolute Gasteiger partial charge is 0.167 e. The highest BCUT2D eigenvalue weighted by molar-refractivity contribution is 7.15. The van der Waals surface area contributed by atoms with Gasteiger partial charge in [0.1, 0.15) is 10.7 Å². The van der Waals surface area contributed by atoms with Gasteiger partial charge in [0.25, 0.3) is 0 Å². The predicted molar refractivity (Wildman–Crippen MR) is 87.7 cm³/mol. The van der Waals surface area contributed by atoms with E-state index in [2.05, 4.69) is 39.6 Å². The molecule has 1 aromatic carbocycles. The fourth-order valence-electron chi connectivity index (χ4n) is 2.11. The van der Waals surface area contributed by atoms with Crippen LogP contribution in [-0.4, -0.2) is 21.7 Å². The summed E-state index contributed by atoms with van der Waals surface area (Å²) in [5.41, 5.74) is 2.13. The Balaban J connectivity index is 1.92. The van der Waals surface area contributed by atoms with Crippen LogP contribution in [0.5, 0.6) is 0 Å². The molecule has 4 nitrogen and oxygen atoms in total. The van der Waals surface area contributed by atoms with E-state index in [4.69, 9.17) is 0 Å². The molecular formula is C15H16N4S2. The summed E-state index contributed by atoms with van der Waals surface area (Å²) in [6, 6.07) is 10.4. The van der Waals surface area contributed by atoms with Gasteiger partial charge in [-0.3, -0.25) is 0 Å². The zero-order valence-electron chi connectivity index (χ0n) is 11.9. The lowest BCUT2D eigenvalue weighted by atomic mass is 10.1. The first kappa shape index (κ1) is 14.3. The molecule has 1 atom stereocenters. The number of aryl methyl sites for hydroxylation is 1. The summed E-state index contributed by atoms with van der Waals surface area (Å²) in [5.74, 6) is 0. The molecule has 0 aliphatic heterocycles. The topological polar surface area (TPSA) is 50.7 Å². The lowest BCUT2D eigenvalue weighted by Gasteiger charge is -2.14. The number of aromatic nitrogens is 3. The summed E-state index contributed by atoms with van der Waals surface area (Å²) in [5, 5.41) is 17.1. The standard InChI is InChI=1S/C15H16N4S2/c1-3-16-13(11-7-5-4-6-8-11)15-19-18-14(21-15)12-9-20-10(2)17-12/h4-9,13,16H,3H2,1-2H3. The van der Waals surface area contributed by atoms with Gasteiger partial charge in [0, 0.05) is 5.38 Å². The summed E-state index contributed by atoms with van der Waals surface area (Å²) < 4.78 is 0. The minimum Gasteiger partial charge on any atom is -0.304 e. The van der Waals surface area contributed by atoms with E-state index < -0.39 is 0 Å². The Kier molecular flexibility index (Phi) is 4.38. The van der Waals surface area contributed by atoms with Gasteiger partial charge in [-0.2, -0.15) is 0 Å². The van der Waals surface area contributed by atoms with Crippen LogP contribution in [0, 0.1) is 6.92 Å². The molecule has 3 aromatic rings. The molecule has 0 fully saturated rings. The minimum absolute atomic E-state index is 0.0854. The van der Waals surface area contributed by atoms with Gasteiger partial charge in [0.05, 0.1) is 11.0 Å². The number of nitrogens with zero attached hydrogens (tertiary/aromatic N) is 3. The number of benzene rings is 1. The van der Waals surface area contributed by atoms with Gasteiger partial charge in [0.15, 0.2) is 5.01 Å². The average molecular weight is 316 g/mol. The maximum Gasteiger partial charge on any atom is 0.167 e. The largest absolute Gasteiger partial charge is 0.304 e. The van der Waals surface area contributed by atoms with E-state index in [1.54, 1.807) is 22.7 Å². The van der Waals surface area contributed by atoms with Gasteiger partial charge in [-0.1, -0.05) is 48.6 Å². The summed E-state index contributed by atoms with van der Waals surface area (Å²) in [6.07, 6.45) is 0. The first-order valence-corrected chi connectivity index (χ1v) is 8.51. The van der Waals surface area contributed by atoms with Crippen molar-refractivity contribution in [3.63, 3.8) is 0 Å². The zero-order valence-corrected chi connectivity index (χ0v) is 13.5. The number of rotatable bonds is 5. The molecule has 0 saturated carbocycles. The molecule has 2 aromatic heterocycles. The summed E-state index contributed by atoms with van der Waals surface area (Å²) in [4.78, 5) is 4.48. The SMILES string of the molecule is CCNC(c1ccccc1)c1nnc(-c2csc(C)n2)s1. The third-order valence-corrected chi connectivity index (χ3v) is 4.85. The normalized spacial score (nSPS) is 12.5. The van der Waals surface area contributed by atoms with Crippen LogP contribution >= 0.6 is 22.7 Å². The predicted octanol–water partition coefficient (Wildman–Crippen LogP) is 3.67. The number of nitrogens with one attached hydrogen (secondary N) is 1. The quantitative estimate of drug-likeness (QED) is 0.780. The first-order valence-electron chi connectivity index (χ1n) is 6.82. The Bertz CT molecular complexity index is 705. The first-order chi connectivity index (χ1) is 10.3. The van der Waals surface area contributed by atoms with Gasteiger partial charge in [0.2, 0.25) is 0 Å². The second-order valence-electron chi connectivity index (χ2n) is 4.60. The summed E-state index contributed by atoms with van der Waals surface area (Å²) in [6.45, 7) is 4.98. The average Bonchev–Trinajstić information content (AvgIpc) is 3.14. The third kappa shape index (κ3) is 3.18. The molecule has 1 N–H and O–H groups in total. The minimum atomic E-state index is 0.0854. The van der Waals surface area contributed by atoms with Crippen molar-refractivity contribution in [1.82, 2.24) is 20.5 Å². The van der Waals surface area contributed by atoms with Gasteiger partial charge >= 0.3 is 0 Å². The molecule has 0 aliphatic rings. The van der Waals surface area contributed by atoms with E-state index >= 15 is 0 Å². The number of thiazole rings is 1. The van der Waals surface area contributed by atoms with E-state index in [1.165, 1.54) is 5.56 Å². The highest BCUT2D eigenvalue weighted by atomic mass is 32.1. The molecule has 0 radical (unpaired) electrons. The Labute approximate surface area is 131 Å². The maximum absolute atomic E-state index is 4.48. The second-order valence-corrected chi connectivity index (χ2v) is 6.67. The molecule has 0 amide bonds. The highest BCUT2D eigenvalue weighted by Crippen LogP contribution is 2.30. The molecule has 3 rings (SSSR count). The molecule has 0 spiro atoms. The van der Waals surface area contributed by atoms with Crippen LogP contribution in [0.15, 0.2) is 35.7 Å². The van der Waals surface area contributed by atoms with E-state index in [-0.39, 0.29) is 6.04 Å². The maximum atomic E-state index is 4.48. The summed E-state index contributed by atoms with van der Waals surface area (Å²) in [7, 11) is 0. The molecule has 0 saturated heterocycles. The van der Waals surface area contributed by atoms with Crippen molar-refractivity contribution in [2.75, 3.05) is 6.54 Å². The number of hydrogen-bond acceptors (Lipinski definition) is 6. The summed E-state index contributed by atoms with van der Waals surface area (Å²) >= 11 is 3.24. The second kappa shape index (κ2) is 6.43. The third-order valence-electron chi connectivity index (χ3n) is 3.07. The van der Waals surface area contributed by atoms with Crippen LogP contribution in [-0.2, 0) is 0 Å². The molecule has 0 aliphatic carbocycles. The van der Waals surface area contributed by atoms with Crippen molar-refractivity contribution in [3.8, 4) is 10.7 Å². The highest BCUT2D eigenvalue weighted by Gasteiger charge is 2.19. The van der Waals surface area contributed by atoms with E-state index in [0.29, 0.717) is 0 Å². The van der Waals surface area contributed by atoms with Crippen molar-refractivity contribution < 1.29 is 0 Å². The van der Waals surface area contributed by atoms with Crippen molar-refractivity contribution in [2.24, 2.45) is 0 Å². The van der Waals surface area contributed by atoms with E-state index in [1.807, 2.05) is 30.5 Å². The van der Waals surface area contributed by atoms with Crippen molar-refractivity contribution in [2.45, 2.75) is 19.9 Å². The number of hydrogen-bond donors (Lipinski definition) is 1. The van der Waals surface area contributed by atoms with Gasteiger partial charge in [-0.25, -0.2) is 4.98 Å². The van der Waals surface area contributed by atoms with Gasteiger partial charge < -0.3 is 5.32 Å². The van der Waals surface area contributed by atoms with Crippen LogP contribution in [0.2, 0.25) is 0 Å². The molecule has 108 valence electrons. The Morgan fingerprint density at radius 3 is 2.67 bits per heavy atom. The van der Waals surface area contributed by atoms with Crippen LogP contribution in [0.25, 0.3) is 10.7 Å². The van der Waals surface area contributed by atoms with Crippen LogP contribution in [0.1, 0.15) is 28.5 Å². The van der Waals surface area contributed by atoms with Gasteiger partial charge in [-0.15, -0.1) is 21.5 Å². The van der Waals surface area contributed by atoms with Crippen molar-refractivity contribution in [3.05, 3.63) is 51.3 Å². The van der Waals surface area contributed by atoms with E-state index in [9.17, 15) is 0 Å². The molecule has 21 heavy (non-hydrogen) atoms. The lowest BCUT2D eigenvalue weighted by Crippen LogP contribution is -2.21. The van der Waals surface area contributed by atoms with E-state index in [0.717, 1.165) is 27.3 Å². The Morgan fingerprint density at radius 2 is 2.00 bits per heavy atom. The zero-order chi connectivity index (χ0) is 14.7. The molecule has 2 heterocycles. The Morgan fingerprint density at radius 1 is 1.19 bits per heavy atom. The molecule has 0 bridgehead atoms. The fraction of sp³-hybridized carbons (Fsp3) is 0.267. The monoisotopic (exact) mass is 316 g/mol. The molecule has 6 heteroatoms. The van der Waals surface area contributed by atoms with Gasteiger partial charge in [-0.05, 0) is 19.0 Å². The lowest BCUT2D eigenvalue weighted by molar-refractivity contribution is 0.621. The Hall–Kier alpha value is -1.63. The fourth-order valence-corrected chi connectivity index (χ4v) is 3.69.